The van der Waals surface area contributed by atoms with Gasteiger partial charge in [0.15, 0.2) is 0 Å². The minimum Gasteiger partial charge on any atom is -0.378 e. The van der Waals surface area contributed by atoms with Crippen molar-refractivity contribution in [2.75, 3.05) is 6.61 Å². The van der Waals surface area contributed by atoms with Crippen LogP contribution in [0.1, 0.15) is 30.4 Å². The highest BCUT2D eigenvalue weighted by Crippen LogP contribution is 2.16. The average Bonchev–Trinajstić information content (AvgIpc) is 3.32. The maximum Gasteiger partial charge on any atom is 0.222 e. The molecule has 1 N–H and O–H groups in total. The number of hydrogen-bond donors (Lipinski definition) is 1. The van der Waals surface area contributed by atoms with Gasteiger partial charge in [-0.3, -0.25) is 4.79 Å². The van der Waals surface area contributed by atoms with Gasteiger partial charge in [0.05, 0.1) is 29.9 Å². The van der Waals surface area contributed by atoms with E-state index < -0.39 is 0 Å². The van der Waals surface area contributed by atoms with Crippen molar-refractivity contribution in [2.24, 2.45) is 0 Å². The van der Waals surface area contributed by atoms with Crippen LogP contribution in [0.3, 0.4) is 0 Å². The number of aromatic nitrogens is 2. The number of rotatable bonds is 6. The number of carbonyl (C=O) groups is 1. The zero-order valence-corrected chi connectivity index (χ0v) is 14.7. The van der Waals surface area contributed by atoms with Crippen molar-refractivity contribution in [3.8, 4) is 0 Å². The number of carbonyl (C=O) groups excluding carboxylic acids is 1. The Morgan fingerprint density at radius 2 is 1.96 bits per heavy atom. The van der Waals surface area contributed by atoms with Crippen molar-refractivity contribution >= 4 is 16.9 Å². The molecule has 1 saturated heterocycles. The van der Waals surface area contributed by atoms with Crippen molar-refractivity contribution in [3.63, 3.8) is 0 Å². The Kier molecular flexibility index (Phi) is 4.97. The van der Waals surface area contributed by atoms with Crippen LogP contribution in [0.4, 0.5) is 0 Å². The van der Waals surface area contributed by atoms with E-state index in [9.17, 15) is 4.79 Å². The van der Waals surface area contributed by atoms with E-state index in [0.29, 0.717) is 13.0 Å². The Labute approximate surface area is 153 Å². The van der Waals surface area contributed by atoms with Gasteiger partial charge in [0, 0.05) is 19.7 Å². The lowest BCUT2D eigenvalue weighted by atomic mass is 10.1. The molecule has 0 unspecified atom stereocenters. The summed E-state index contributed by atoms with van der Waals surface area (Å²) < 4.78 is 7.65. The molecule has 1 amide bonds. The Balaban J connectivity index is 1.32. The molecule has 4 rings (SSSR count). The van der Waals surface area contributed by atoms with Crippen LogP contribution in [0.5, 0.6) is 0 Å². The van der Waals surface area contributed by atoms with Crippen LogP contribution in [0.15, 0.2) is 54.9 Å². The summed E-state index contributed by atoms with van der Waals surface area (Å²) in [6.07, 6.45) is 4.49. The molecular formula is C21H23N3O2. The Morgan fingerprint density at radius 3 is 2.77 bits per heavy atom. The van der Waals surface area contributed by atoms with Crippen molar-refractivity contribution in [3.05, 3.63) is 66.0 Å². The number of nitrogens with zero attached hydrogens (tertiary/aromatic N) is 2. The number of benzene rings is 2. The summed E-state index contributed by atoms with van der Waals surface area (Å²) in [6, 6.07) is 16.5. The molecule has 1 aliphatic rings. The summed E-state index contributed by atoms with van der Waals surface area (Å²) in [4.78, 5) is 16.4. The van der Waals surface area contributed by atoms with E-state index in [1.54, 1.807) is 0 Å². The third kappa shape index (κ3) is 3.94. The first-order valence-electron chi connectivity index (χ1n) is 9.14. The molecule has 5 heteroatoms. The van der Waals surface area contributed by atoms with Gasteiger partial charge in [0.1, 0.15) is 0 Å². The summed E-state index contributed by atoms with van der Waals surface area (Å²) in [5, 5.41) is 2.98. The first-order valence-corrected chi connectivity index (χ1v) is 9.14. The van der Waals surface area contributed by atoms with Gasteiger partial charge in [0.2, 0.25) is 5.91 Å². The third-order valence-corrected chi connectivity index (χ3v) is 4.83. The third-order valence-electron chi connectivity index (χ3n) is 4.83. The minimum absolute atomic E-state index is 0.0610. The van der Waals surface area contributed by atoms with Crippen molar-refractivity contribution in [1.82, 2.24) is 14.9 Å². The molecule has 1 atom stereocenters. The maximum atomic E-state index is 12.0. The summed E-state index contributed by atoms with van der Waals surface area (Å²) in [5.74, 6) is 0.0610. The van der Waals surface area contributed by atoms with Crippen LogP contribution in [-0.2, 0) is 22.6 Å². The molecular weight excluding hydrogens is 326 g/mol. The van der Waals surface area contributed by atoms with Crippen molar-refractivity contribution in [2.45, 2.75) is 38.5 Å². The van der Waals surface area contributed by atoms with E-state index in [1.807, 2.05) is 24.5 Å². The largest absolute Gasteiger partial charge is 0.378 e. The fourth-order valence-corrected chi connectivity index (χ4v) is 3.38. The predicted octanol–water partition coefficient (Wildman–Crippen LogP) is 3.27. The van der Waals surface area contributed by atoms with Crippen LogP contribution in [0, 0.1) is 0 Å². The average molecular weight is 349 g/mol. The Morgan fingerprint density at radius 1 is 1.15 bits per heavy atom. The zero-order chi connectivity index (χ0) is 17.8. The molecule has 1 aromatic heterocycles. The molecule has 1 fully saturated rings. The second-order valence-electron chi connectivity index (χ2n) is 6.79. The van der Waals surface area contributed by atoms with Gasteiger partial charge >= 0.3 is 0 Å². The van der Waals surface area contributed by atoms with Crippen molar-refractivity contribution in [1.29, 1.82) is 0 Å². The van der Waals surface area contributed by atoms with Crippen LogP contribution >= 0.6 is 0 Å². The van der Waals surface area contributed by atoms with Gasteiger partial charge in [-0.15, -0.1) is 0 Å². The van der Waals surface area contributed by atoms with Gasteiger partial charge in [0.25, 0.3) is 0 Å². The predicted molar refractivity (Wildman–Crippen MR) is 101 cm³/mol. The number of hydrogen-bond acceptors (Lipinski definition) is 3. The standard InChI is InChI=1S/C21H23N3O2/c25-21(12-18-4-3-11-26-18)22-13-16-7-9-17(10-8-16)14-24-15-23-19-5-1-2-6-20(19)24/h1-2,5-10,15,18H,3-4,11-14H2,(H,22,25)/t18-/m1/s1. The van der Waals surface area contributed by atoms with Crippen LogP contribution in [-0.4, -0.2) is 28.2 Å². The van der Waals surface area contributed by atoms with Gasteiger partial charge < -0.3 is 14.6 Å². The summed E-state index contributed by atoms with van der Waals surface area (Å²) >= 11 is 0. The number of fused-ring (bicyclic) bond motifs is 1. The molecule has 0 radical (unpaired) electrons. The number of ether oxygens (including phenoxy) is 1. The zero-order valence-electron chi connectivity index (χ0n) is 14.7. The quantitative estimate of drug-likeness (QED) is 0.743. The first-order chi connectivity index (χ1) is 12.8. The number of nitrogens with one attached hydrogen (secondary N) is 1. The minimum atomic E-state index is 0.0610. The fourth-order valence-electron chi connectivity index (χ4n) is 3.38. The second-order valence-corrected chi connectivity index (χ2v) is 6.79. The van der Waals surface area contributed by atoms with Gasteiger partial charge in [-0.25, -0.2) is 4.98 Å². The van der Waals surface area contributed by atoms with Gasteiger partial charge in [-0.05, 0) is 36.1 Å². The highest BCUT2D eigenvalue weighted by molar-refractivity contribution is 5.76. The number of imidazole rings is 1. The highest BCUT2D eigenvalue weighted by atomic mass is 16.5. The number of amides is 1. The first kappa shape index (κ1) is 16.8. The summed E-state index contributed by atoms with van der Waals surface area (Å²) in [6.45, 7) is 2.12. The molecule has 2 aromatic carbocycles. The number of para-hydroxylation sites is 2. The molecule has 0 saturated carbocycles. The molecule has 0 spiro atoms. The van der Waals surface area contributed by atoms with Gasteiger partial charge in [-0.1, -0.05) is 36.4 Å². The van der Waals surface area contributed by atoms with E-state index in [4.69, 9.17) is 4.74 Å². The van der Waals surface area contributed by atoms with Crippen LogP contribution in [0.25, 0.3) is 11.0 Å². The molecule has 26 heavy (non-hydrogen) atoms. The lowest BCUT2D eigenvalue weighted by Gasteiger charge is -2.10. The van der Waals surface area contributed by atoms with E-state index in [0.717, 1.165) is 42.6 Å². The van der Waals surface area contributed by atoms with Crippen LogP contribution < -0.4 is 5.32 Å². The highest BCUT2D eigenvalue weighted by Gasteiger charge is 2.18. The van der Waals surface area contributed by atoms with E-state index >= 15 is 0 Å². The van der Waals surface area contributed by atoms with Gasteiger partial charge in [-0.2, -0.15) is 0 Å². The van der Waals surface area contributed by atoms with E-state index in [-0.39, 0.29) is 12.0 Å². The maximum absolute atomic E-state index is 12.0. The lowest BCUT2D eigenvalue weighted by molar-refractivity contribution is -0.123. The lowest BCUT2D eigenvalue weighted by Crippen LogP contribution is -2.26. The van der Waals surface area contributed by atoms with Crippen LogP contribution in [0.2, 0.25) is 0 Å². The smallest absolute Gasteiger partial charge is 0.222 e. The second kappa shape index (κ2) is 7.70. The molecule has 2 heterocycles. The molecule has 0 aliphatic carbocycles. The van der Waals surface area contributed by atoms with Crippen molar-refractivity contribution < 1.29 is 9.53 Å². The molecule has 1 aliphatic heterocycles. The Bertz CT molecular complexity index is 880. The normalized spacial score (nSPS) is 16.8. The molecule has 134 valence electrons. The monoisotopic (exact) mass is 349 g/mol. The summed E-state index contributed by atoms with van der Waals surface area (Å²) in [7, 11) is 0. The Hall–Kier alpha value is -2.66. The van der Waals surface area contributed by atoms with E-state index in [2.05, 4.69) is 45.2 Å². The molecule has 5 nitrogen and oxygen atoms in total. The molecule has 0 bridgehead atoms. The topological polar surface area (TPSA) is 56.1 Å². The van der Waals surface area contributed by atoms with E-state index in [1.165, 1.54) is 5.56 Å². The fraction of sp³-hybridized carbons (Fsp3) is 0.333. The molecule has 3 aromatic rings. The summed E-state index contributed by atoms with van der Waals surface area (Å²) in [5.41, 5.74) is 4.46. The SMILES string of the molecule is O=C(C[C@H]1CCCO1)NCc1ccc(Cn2cnc3ccccc32)cc1.